The average Bonchev–Trinajstić information content (AvgIpc) is 3.24. The molecule has 9 nitrogen and oxygen atoms in total. The highest BCUT2D eigenvalue weighted by Crippen LogP contribution is 2.22. The number of amides is 2. The van der Waals surface area contributed by atoms with E-state index in [4.69, 9.17) is 4.74 Å². The maximum atomic E-state index is 13.3. The summed E-state index contributed by atoms with van der Waals surface area (Å²) in [6, 6.07) is 9.39. The fraction of sp³-hybridized carbons (Fsp3) is 0.571. The highest BCUT2D eigenvalue weighted by molar-refractivity contribution is 5.80. The lowest BCUT2D eigenvalue weighted by atomic mass is 9.95. The fourth-order valence-electron chi connectivity index (χ4n) is 3.55. The molecule has 1 N–H and O–H groups in total. The van der Waals surface area contributed by atoms with Gasteiger partial charge in [-0.05, 0) is 55.5 Å². The quantitative estimate of drug-likeness (QED) is 0.778. The van der Waals surface area contributed by atoms with Gasteiger partial charge in [0.2, 0.25) is 5.91 Å². The molecule has 0 bridgehead atoms. The number of benzene rings is 1. The Bertz CT molecular complexity index is 811. The Morgan fingerprint density at radius 2 is 1.90 bits per heavy atom. The minimum absolute atomic E-state index is 0.0182. The molecule has 3 rings (SSSR count). The summed E-state index contributed by atoms with van der Waals surface area (Å²) in [5.74, 6) is 0.340. The molecule has 162 valence electrons. The fourth-order valence-corrected chi connectivity index (χ4v) is 3.55. The van der Waals surface area contributed by atoms with Gasteiger partial charge in [-0.2, -0.15) is 0 Å². The molecule has 0 radical (unpaired) electrons. The highest BCUT2D eigenvalue weighted by Gasteiger charge is 2.30. The number of rotatable bonds is 6. The summed E-state index contributed by atoms with van der Waals surface area (Å²) < 4.78 is 6.81. The van der Waals surface area contributed by atoms with Gasteiger partial charge in [0.15, 0.2) is 0 Å². The second-order valence-corrected chi connectivity index (χ2v) is 8.65. The first-order chi connectivity index (χ1) is 14.3. The van der Waals surface area contributed by atoms with E-state index in [1.54, 1.807) is 0 Å². The first-order valence-electron chi connectivity index (χ1n) is 10.3. The molecule has 2 heterocycles. The van der Waals surface area contributed by atoms with Crippen LogP contribution in [0.2, 0.25) is 0 Å². The van der Waals surface area contributed by atoms with E-state index in [9.17, 15) is 9.59 Å². The molecule has 1 aliphatic rings. The number of carbonyl (C=O) groups is 2. The zero-order valence-electron chi connectivity index (χ0n) is 17.8. The van der Waals surface area contributed by atoms with E-state index in [0.29, 0.717) is 32.0 Å². The Hall–Kier alpha value is -2.97. The van der Waals surface area contributed by atoms with Crippen LogP contribution in [-0.4, -0.2) is 62.3 Å². The van der Waals surface area contributed by atoms with E-state index < -0.39 is 17.7 Å². The molecule has 1 aromatic heterocycles. The number of tetrazole rings is 1. The summed E-state index contributed by atoms with van der Waals surface area (Å²) >= 11 is 0. The molecule has 1 saturated heterocycles. The molecule has 2 amide bonds. The zero-order chi connectivity index (χ0) is 21.6. The van der Waals surface area contributed by atoms with Crippen molar-refractivity contribution >= 4 is 12.0 Å². The highest BCUT2D eigenvalue weighted by atomic mass is 16.6. The molecule has 0 aliphatic carbocycles. The van der Waals surface area contributed by atoms with E-state index in [2.05, 4.69) is 20.8 Å². The van der Waals surface area contributed by atoms with Crippen molar-refractivity contribution in [2.45, 2.75) is 51.7 Å². The van der Waals surface area contributed by atoms with Crippen LogP contribution in [0, 0.1) is 5.92 Å². The molecule has 1 fully saturated rings. The molecule has 30 heavy (non-hydrogen) atoms. The predicted octanol–water partition coefficient (Wildman–Crippen LogP) is 2.22. The van der Waals surface area contributed by atoms with Gasteiger partial charge >= 0.3 is 6.09 Å². The largest absolute Gasteiger partial charge is 0.444 e. The Labute approximate surface area is 176 Å². The van der Waals surface area contributed by atoms with E-state index in [0.717, 1.165) is 18.4 Å². The number of nitrogens with one attached hydrogen (secondary N) is 1. The van der Waals surface area contributed by atoms with Crippen LogP contribution in [0.1, 0.15) is 45.2 Å². The molecule has 0 saturated carbocycles. The monoisotopic (exact) mass is 414 g/mol. The number of aromatic nitrogens is 4. The third-order valence-electron chi connectivity index (χ3n) is 5.10. The number of piperidine rings is 1. The van der Waals surface area contributed by atoms with Crippen LogP contribution in [0.25, 0.3) is 0 Å². The number of ether oxygens (including phenoxy) is 1. The predicted molar refractivity (Wildman–Crippen MR) is 111 cm³/mol. The second kappa shape index (κ2) is 9.69. The minimum Gasteiger partial charge on any atom is -0.444 e. The second-order valence-electron chi connectivity index (χ2n) is 8.65. The van der Waals surface area contributed by atoms with Crippen LogP contribution in [0.5, 0.6) is 0 Å². The van der Waals surface area contributed by atoms with Gasteiger partial charge in [-0.3, -0.25) is 4.79 Å². The summed E-state index contributed by atoms with van der Waals surface area (Å²) in [6.45, 7) is 7.37. The van der Waals surface area contributed by atoms with Crippen molar-refractivity contribution in [1.82, 2.24) is 30.4 Å². The lowest BCUT2D eigenvalue weighted by Crippen LogP contribution is -2.45. The van der Waals surface area contributed by atoms with Crippen LogP contribution in [-0.2, 0) is 16.0 Å². The van der Waals surface area contributed by atoms with Crippen molar-refractivity contribution in [3.05, 3.63) is 42.2 Å². The molecule has 0 spiro atoms. The van der Waals surface area contributed by atoms with E-state index in [1.165, 1.54) is 11.0 Å². The summed E-state index contributed by atoms with van der Waals surface area (Å²) in [7, 11) is 0. The van der Waals surface area contributed by atoms with Gasteiger partial charge in [-0.25, -0.2) is 9.48 Å². The number of hydrogen-bond acceptors (Lipinski definition) is 6. The summed E-state index contributed by atoms with van der Waals surface area (Å²) in [5, 5.41) is 14.2. The number of likely N-dealkylation sites (tertiary alicyclic amines) is 1. The van der Waals surface area contributed by atoms with Gasteiger partial charge in [0, 0.05) is 26.1 Å². The van der Waals surface area contributed by atoms with Gasteiger partial charge in [-0.1, -0.05) is 30.3 Å². The number of nitrogens with zero attached hydrogens (tertiary/aromatic N) is 5. The van der Waals surface area contributed by atoms with Crippen LogP contribution >= 0.6 is 0 Å². The third kappa shape index (κ3) is 6.27. The van der Waals surface area contributed by atoms with Gasteiger partial charge in [0.05, 0.1) is 0 Å². The molecule has 1 atom stereocenters. The summed E-state index contributed by atoms with van der Waals surface area (Å²) in [4.78, 5) is 27.0. The average molecular weight is 415 g/mol. The molecule has 1 unspecified atom stereocenters. The first-order valence-corrected chi connectivity index (χ1v) is 10.3. The van der Waals surface area contributed by atoms with Gasteiger partial charge in [0.1, 0.15) is 18.0 Å². The van der Waals surface area contributed by atoms with Crippen molar-refractivity contribution in [2.75, 3.05) is 19.6 Å². The van der Waals surface area contributed by atoms with Crippen LogP contribution in [0.15, 0.2) is 36.7 Å². The maximum absolute atomic E-state index is 13.3. The molecule has 9 heteroatoms. The molecule has 1 aliphatic heterocycles. The lowest BCUT2D eigenvalue weighted by molar-refractivity contribution is -0.136. The first kappa shape index (κ1) is 21.7. The number of alkyl carbamates (subject to hydrolysis) is 1. The lowest BCUT2D eigenvalue weighted by Gasteiger charge is -2.34. The number of hydrogen-bond donors (Lipinski definition) is 1. The van der Waals surface area contributed by atoms with Gasteiger partial charge in [0.25, 0.3) is 0 Å². The van der Waals surface area contributed by atoms with Crippen molar-refractivity contribution in [3.63, 3.8) is 0 Å². The Kier molecular flexibility index (Phi) is 7.02. The Balaban J connectivity index is 1.54. The van der Waals surface area contributed by atoms with Crippen LogP contribution in [0.4, 0.5) is 4.79 Å². The SMILES string of the molecule is CC(C)(C)OC(=O)NCC1CCN(C(=O)C(Cc2ccccc2)n2cnnn2)CC1. The van der Waals surface area contributed by atoms with E-state index >= 15 is 0 Å². The van der Waals surface area contributed by atoms with Crippen LogP contribution < -0.4 is 5.32 Å². The maximum Gasteiger partial charge on any atom is 0.407 e. The van der Waals surface area contributed by atoms with Crippen molar-refractivity contribution < 1.29 is 14.3 Å². The van der Waals surface area contributed by atoms with E-state index in [-0.39, 0.29) is 5.91 Å². The number of carbonyl (C=O) groups excluding carboxylic acids is 2. The molecule has 1 aromatic carbocycles. The Morgan fingerprint density at radius 3 is 2.50 bits per heavy atom. The van der Waals surface area contributed by atoms with Crippen molar-refractivity contribution in [2.24, 2.45) is 5.92 Å². The summed E-state index contributed by atoms with van der Waals surface area (Å²) in [5.41, 5.74) is 0.548. The minimum atomic E-state index is -0.510. The standard InChI is InChI=1S/C21H30N6O3/c1-21(2,3)30-20(29)22-14-17-9-11-26(12-10-17)19(28)18(27-15-23-24-25-27)13-16-7-5-4-6-8-16/h4-8,15,17-18H,9-14H2,1-3H3,(H,22,29). The van der Waals surface area contributed by atoms with Crippen molar-refractivity contribution in [1.29, 1.82) is 0 Å². The van der Waals surface area contributed by atoms with E-state index in [1.807, 2.05) is 56.0 Å². The zero-order valence-corrected chi connectivity index (χ0v) is 17.8. The third-order valence-corrected chi connectivity index (χ3v) is 5.10. The van der Waals surface area contributed by atoms with Gasteiger partial charge < -0.3 is 15.0 Å². The van der Waals surface area contributed by atoms with Gasteiger partial charge in [-0.15, -0.1) is 5.10 Å². The summed E-state index contributed by atoms with van der Waals surface area (Å²) in [6.07, 6.45) is 3.28. The topological polar surface area (TPSA) is 102 Å². The van der Waals surface area contributed by atoms with Crippen LogP contribution in [0.3, 0.4) is 0 Å². The molecular weight excluding hydrogens is 384 g/mol. The smallest absolute Gasteiger partial charge is 0.407 e. The Morgan fingerprint density at radius 1 is 1.20 bits per heavy atom. The normalized spacial score (nSPS) is 16.2. The van der Waals surface area contributed by atoms with Crippen molar-refractivity contribution in [3.8, 4) is 0 Å². The molecular formula is C21H30N6O3. The molecule has 2 aromatic rings.